The van der Waals surface area contributed by atoms with Crippen LogP contribution in [0.1, 0.15) is 11.6 Å². The largest absolute Gasteiger partial charge is 0.492 e. The van der Waals surface area contributed by atoms with Crippen LogP contribution in [-0.4, -0.2) is 76.4 Å². The van der Waals surface area contributed by atoms with Gasteiger partial charge in [-0.25, -0.2) is 4.99 Å². The number of nitrogens with one attached hydrogen (secondary N) is 1. The lowest BCUT2D eigenvalue weighted by Gasteiger charge is -2.36. The van der Waals surface area contributed by atoms with E-state index in [-0.39, 0.29) is 24.0 Å². The fourth-order valence-corrected chi connectivity index (χ4v) is 3.16. The first kappa shape index (κ1) is 24.1. The van der Waals surface area contributed by atoms with Crippen LogP contribution in [-0.2, 0) is 13.6 Å². The van der Waals surface area contributed by atoms with Crippen LogP contribution in [0.4, 0.5) is 0 Å². The van der Waals surface area contributed by atoms with Gasteiger partial charge in [0, 0.05) is 46.3 Å². The molecule has 2 aromatic rings. The van der Waals surface area contributed by atoms with E-state index in [0.717, 1.165) is 56.1 Å². The second kappa shape index (κ2) is 12.5. The van der Waals surface area contributed by atoms with Crippen LogP contribution in [0.2, 0.25) is 0 Å². The Morgan fingerprint density at radius 2 is 1.93 bits per heavy atom. The first-order valence-electron chi connectivity index (χ1n) is 10.1. The van der Waals surface area contributed by atoms with E-state index in [0.29, 0.717) is 19.7 Å². The Morgan fingerprint density at radius 1 is 1.20 bits per heavy atom. The molecule has 0 atom stereocenters. The van der Waals surface area contributed by atoms with E-state index in [9.17, 15) is 0 Å². The molecular formula is C21H32IN7O. The monoisotopic (exact) mass is 525 g/mol. The molecule has 0 aliphatic carbocycles. The van der Waals surface area contributed by atoms with Gasteiger partial charge in [0.2, 0.25) is 0 Å². The minimum Gasteiger partial charge on any atom is -0.492 e. The number of benzene rings is 1. The number of hydrogen-bond acceptors (Lipinski definition) is 5. The van der Waals surface area contributed by atoms with E-state index in [1.54, 1.807) is 0 Å². The quantitative estimate of drug-likeness (QED) is 0.246. The lowest BCUT2D eigenvalue weighted by Crippen LogP contribution is -2.53. The zero-order valence-corrected chi connectivity index (χ0v) is 20.2. The predicted octanol–water partition coefficient (Wildman–Crippen LogP) is 2.07. The minimum absolute atomic E-state index is 0. The highest BCUT2D eigenvalue weighted by Gasteiger charge is 2.19. The Morgan fingerprint density at radius 3 is 2.57 bits per heavy atom. The zero-order chi connectivity index (χ0) is 20.5. The Kier molecular flexibility index (Phi) is 10.1. The summed E-state index contributed by atoms with van der Waals surface area (Å²) >= 11 is 0. The van der Waals surface area contributed by atoms with Crippen molar-refractivity contribution in [2.45, 2.75) is 13.5 Å². The zero-order valence-electron chi connectivity index (χ0n) is 17.8. The normalized spacial score (nSPS) is 14.9. The van der Waals surface area contributed by atoms with Gasteiger partial charge in [0.25, 0.3) is 0 Å². The second-order valence-electron chi connectivity index (χ2n) is 7.02. The molecule has 0 radical (unpaired) electrons. The molecule has 3 rings (SSSR count). The molecule has 164 valence electrons. The summed E-state index contributed by atoms with van der Waals surface area (Å²) in [4.78, 5) is 9.49. The van der Waals surface area contributed by atoms with Crippen LogP contribution in [0.15, 0.2) is 48.0 Å². The third-order valence-corrected chi connectivity index (χ3v) is 5.05. The van der Waals surface area contributed by atoms with Crippen LogP contribution in [0.25, 0.3) is 0 Å². The van der Waals surface area contributed by atoms with E-state index in [2.05, 4.69) is 31.9 Å². The molecule has 0 saturated carbocycles. The first-order chi connectivity index (χ1) is 14.2. The summed E-state index contributed by atoms with van der Waals surface area (Å²) in [5.41, 5.74) is 0. The van der Waals surface area contributed by atoms with Gasteiger partial charge in [-0.1, -0.05) is 24.3 Å². The number of aryl methyl sites for hydroxylation is 1. The van der Waals surface area contributed by atoms with E-state index in [4.69, 9.17) is 9.73 Å². The SMILES string of the molecule is C=CCNC(=NCc1nnc(C)n1C)N1CCN(CCOc2ccccc2)CC1.I. The molecule has 1 fully saturated rings. The molecule has 1 saturated heterocycles. The molecular weight excluding hydrogens is 493 g/mol. The first-order valence-corrected chi connectivity index (χ1v) is 10.1. The maximum Gasteiger partial charge on any atom is 0.194 e. The van der Waals surface area contributed by atoms with Gasteiger partial charge >= 0.3 is 0 Å². The maximum absolute atomic E-state index is 5.82. The van der Waals surface area contributed by atoms with Crippen molar-refractivity contribution in [2.24, 2.45) is 12.0 Å². The highest BCUT2D eigenvalue weighted by Crippen LogP contribution is 2.09. The molecule has 0 amide bonds. The number of aromatic nitrogens is 3. The summed E-state index contributed by atoms with van der Waals surface area (Å²) in [5, 5.41) is 11.7. The summed E-state index contributed by atoms with van der Waals surface area (Å²) in [6.45, 7) is 12.4. The number of rotatable bonds is 8. The molecule has 30 heavy (non-hydrogen) atoms. The summed E-state index contributed by atoms with van der Waals surface area (Å²) in [6.07, 6.45) is 1.85. The topological polar surface area (TPSA) is 70.8 Å². The van der Waals surface area contributed by atoms with Gasteiger partial charge in [-0.3, -0.25) is 4.90 Å². The Hall–Kier alpha value is -2.14. The predicted molar refractivity (Wildman–Crippen MR) is 130 cm³/mol. The fraction of sp³-hybridized carbons (Fsp3) is 0.476. The van der Waals surface area contributed by atoms with Crippen LogP contribution < -0.4 is 10.1 Å². The summed E-state index contributed by atoms with van der Waals surface area (Å²) in [7, 11) is 1.97. The molecule has 0 bridgehead atoms. The van der Waals surface area contributed by atoms with Crippen LogP contribution in [0, 0.1) is 6.92 Å². The van der Waals surface area contributed by atoms with Crippen molar-refractivity contribution in [3.63, 3.8) is 0 Å². The van der Waals surface area contributed by atoms with Crippen molar-refractivity contribution in [1.82, 2.24) is 29.9 Å². The third kappa shape index (κ3) is 6.98. The Labute approximate surface area is 196 Å². The number of para-hydroxylation sites is 1. The second-order valence-corrected chi connectivity index (χ2v) is 7.02. The summed E-state index contributed by atoms with van der Waals surface area (Å²) < 4.78 is 7.79. The average Bonchev–Trinajstić information content (AvgIpc) is 3.07. The van der Waals surface area contributed by atoms with Gasteiger partial charge in [0.1, 0.15) is 24.7 Å². The fourth-order valence-electron chi connectivity index (χ4n) is 3.16. The van der Waals surface area contributed by atoms with Gasteiger partial charge in [0.15, 0.2) is 11.8 Å². The van der Waals surface area contributed by atoms with Crippen molar-refractivity contribution in [2.75, 3.05) is 45.9 Å². The number of piperazine rings is 1. The Balaban J connectivity index is 0.00000320. The molecule has 0 unspecified atom stereocenters. The van der Waals surface area contributed by atoms with Crippen molar-refractivity contribution < 1.29 is 4.74 Å². The third-order valence-electron chi connectivity index (χ3n) is 5.05. The van der Waals surface area contributed by atoms with E-state index in [1.165, 1.54) is 0 Å². The molecule has 2 heterocycles. The Bertz CT molecular complexity index is 801. The van der Waals surface area contributed by atoms with E-state index >= 15 is 0 Å². The van der Waals surface area contributed by atoms with E-state index < -0.39 is 0 Å². The number of aliphatic imine (C=N–C) groups is 1. The summed E-state index contributed by atoms with van der Waals surface area (Å²) in [6, 6.07) is 9.97. The van der Waals surface area contributed by atoms with Crippen LogP contribution in [0.3, 0.4) is 0 Å². The number of nitrogens with zero attached hydrogens (tertiary/aromatic N) is 6. The number of hydrogen-bond donors (Lipinski definition) is 1. The number of halogens is 1. The lowest BCUT2D eigenvalue weighted by molar-refractivity contribution is 0.152. The maximum atomic E-state index is 5.82. The van der Waals surface area contributed by atoms with Crippen LogP contribution >= 0.6 is 24.0 Å². The van der Waals surface area contributed by atoms with Crippen molar-refractivity contribution in [3.05, 3.63) is 54.6 Å². The number of guanidine groups is 1. The molecule has 1 aromatic heterocycles. The lowest BCUT2D eigenvalue weighted by atomic mass is 10.3. The smallest absolute Gasteiger partial charge is 0.194 e. The van der Waals surface area contributed by atoms with Crippen molar-refractivity contribution >= 4 is 29.9 Å². The van der Waals surface area contributed by atoms with Gasteiger partial charge in [-0.15, -0.1) is 40.8 Å². The van der Waals surface area contributed by atoms with Crippen molar-refractivity contribution in [3.8, 4) is 5.75 Å². The number of ether oxygens (including phenoxy) is 1. The molecule has 0 spiro atoms. The molecule has 8 nitrogen and oxygen atoms in total. The van der Waals surface area contributed by atoms with Gasteiger partial charge in [0.05, 0.1) is 0 Å². The average molecular weight is 525 g/mol. The van der Waals surface area contributed by atoms with Crippen LogP contribution in [0.5, 0.6) is 5.75 Å². The molecule has 1 aliphatic rings. The molecule has 9 heteroatoms. The molecule has 1 aromatic carbocycles. The summed E-state index contributed by atoms with van der Waals surface area (Å²) in [5.74, 6) is 3.57. The highest BCUT2D eigenvalue weighted by atomic mass is 127. The van der Waals surface area contributed by atoms with Crippen molar-refractivity contribution in [1.29, 1.82) is 0 Å². The van der Waals surface area contributed by atoms with Gasteiger partial charge in [-0.2, -0.15) is 0 Å². The standard InChI is InChI=1S/C21H31N7O.HI/c1-4-10-22-21(23-17-20-25-24-18(2)26(20)3)28-13-11-27(12-14-28)15-16-29-19-8-6-5-7-9-19;/h4-9H,1,10-17H2,2-3H3,(H,22,23);1H. The molecule has 1 N–H and O–H groups in total. The van der Waals surface area contributed by atoms with Gasteiger partial charge < -0.3 is 19.5 Å². The van der Waals surface area contributed by atoms with E-state index in [1.807, 2.05) is 54.9 Å². The minimum atomic E-state index is 0. The molecule has 1 aliphatic heterocycles. The van der Waals surface area contributed by atoms with Gasteiger partial charge in [-0.05, 0) is 19.1 Å². The highest BCUT2D eigenvalue weighted by molar-refractivity contribution is 14.0.